The van der Waals surface area contributed by atoms with E-state index in [-0.39, 0.29) is 5.91 Å². The second-order valence-electron chi connectivity index (χ2n) is 4.78. The maximum Gasteiger partial charge on any atom is 0.263 e. The molecule has 18 heavy (non-hydrogen) atoms. The Labute approximate surface area is 112 Å². The van der Waals surface area contributed by atoms with Crippen molar-refractivity contribution in [2.45, 2.75) is 39.2 Å². The minimum absolute atomic E-state index is 0.0210. The van der Waals surface area contributed by atoms with Crippen molar-refractivity contribution in [1.82, 2.24) is 15.2 Å². The molecule has 2 heterocycles. The first-order valence-electron chi connectivity index (χ1n) is 6.64. The minimum atomic E-state index is 0.0210. The Bertz CT molecular complexity index is 399. The molecule has 1 aromatic heterocycles. The molecule has 0 aliphatic carbocycles. The van der Waals surface area contributed by atoms with Crippen LogP contribution in [0.4, 0.5) is 0 Å². The molecular formula is C13H21N3OS. The standard InChI is InChI=1S/C13H21N3OS/c1-3-11(16-6-4-5-7-16)8-14-13(17)12-10(2)15-9-18-12/h9,11H,3-8H2,1-2H3,(H,14,17)/t11-/m1/s1. The molecule has 1 N–H and O–H groups in total. The van der Waals surface area contributed by atoms with Crippen LogP contribution in [0.15, 0.2) is 5.51 Å². The van der Waals surface area contributed by atoms with Crippen LogP contribution < -0.4 is 5.32 Å². The van der Waals surface area contributed by atoms with Gasteiger partial charge < -0.3 is 5.32 Å². The molecule has 1 aliphatic rings. The lowest BCUT2D eigenvalue weighted by Crippen LogP contribution is -2.42. The zero-order chi connectivity index (χ0) is 13.0. The number of aryl methyl sites for hydroxylation is 1. The third kappa shape index (κ3) is 3.09. The molecule has 2 rings (SSSR count). The van der Waals surface area contributed by atoms with Crippen LogP contribution in [-0.2, 0) is 0 Å². The van der Waals surface area contributed by atoms with Gasteiger partial charge in [0.2, 0.25) is 0 Å². The molecule has 1 aromatic rings. The van der Waals surface area contributed by atoms with Gasteiger partial charge in [-0.15, -0.1) is 11.3 Å². The van der Waals surface area contributed by atoms with Gasteiger partial charge in [-0.05, 0) is 39.3 Å². The molecule has 1 saturated heterocycles. The first kappa shape index (κ1) is 13.5. The highest BCUT2D eigenvalue weighted by atomic mass is 32.1. The molecule has 4 nitrogen and oxygen atoms in total. The highest BCUT2D eigenvalue weighted by Gasteiger charge is 2.21. The van der Waals surface area contributed by atoms with E-state index in [2.05, 4.69) is 22.1 Å². The number of hydrogen-bond acceptors (Lipinski definition) is 4. The van der Waals surface area contributed by atoms with Crippen molar-refractivity contribution in [2.24, 2.45) is 0 Å². The molecule has 0 unspecified atom stereocenters. The number of amides is 1. The van der Waals surface area contributed by atoms with Gasteiger partial charge >= 0.3 is 0 Å². The normalized spacial score (nSPS) is 17.9. The van der Waals surface area contributed by atoms with E-state index >= 15 is 0 Å². The van der Waals surface area contributed by atoms with Crippen LogP contribution in [0.3, 0.4) is 0 Å². The van der Waals surface area contributed by atoms with Gasteiger partial charge in [-0.3, -0.25) is 9.69 Å². The molecule has 1 amide bonds. The first-order chi connectivity index (χ1) is 8.72. The van der Waals surface area contributed by atoms with Gasteiger partial charge in [0.1, 0.15) is 4.88 Å². The van der Waals surface area contributed by atoms with E-state index in [1.54, 1.807) is 5.51 Å². The number of nitrogens with zero attached hydrogens (tertiary/aromatic N) is 2. The molecule has 0 radical (unpaired) electrons. The lowest BCUT2D eigenvalue weighted by atomic mass is 10.2. The van der Waals surface area contributed by atoms with Gasteiger partial charge in [0.05, 0.1) is 11.2 Å². The molecule has 5 heteroatoms. The second-order valence-corrected chi connectivity index (χ2v) is 5.64. The van der Waals surface area contributed by atoms with Crippen LogP contribution in [-0.4, -0.2) is 41.5 Å². The van der Waals surface area contributed by atoms with Crippen molar-refractivity contribution >= 4 is 17.2 Å². The average Bonchev–Trinajstić information content (AvgIpc) is 3.01. The van der Waals surface area contributed by atoms with Crippen LogP contribution in [0.5, 0.6) is 0 Å². The quantitative estimate of drug-likeness (QED) is 0.888. The largest absolute Gasteiger partial charge is 0.350 e. The fourth-order valence-corrected chi connectivity index (χ4v) is 3.17. The van der Waals surface area contributed by atoms with Crippen molar-refractivity contribution in [3.63, 3.8) is 0 Å². The summed E-state index contributed by atoms with van der Waals surface area (Å²) in [7, 11) is 0. The molecule has 0 bridgehead atoms. The summed E-state index contributed by atoms with van der Waals surface area (Å²) in [6.45, 7) is 7.16. The van der Waals surface area contributed by atoms with Gasteiger partial charge in [-0.2, -0.15) is 0 Å². The van der Waals surface area contributed by atoms with Crippen molar-refractivity contribution in [3.05, 3.63) is 16.1 Å². The zero-order valence-electron chi connectivity index (χ0n) is 11.1. The van der Waals surface area contributed by atoms with Crippen LogP contribution in [0, 0.1) is 6.92 Å². The molecule has 0 aromatic carbocycles. The predicted molar refractivity (Wildman–Crippen MR) is 74.1 cm³/mol. The van der Waals surface area contributed by atoms with E-state index in [9.17, 15) is 4.79 Å². The summed E-state index contributed by atoms with van der Waals surface area (Å²) in [4.78, 5) is 19.3. The lowest BCUT2D eigenvalue weighted by Gasteiger charge is -2.26. The monoisotopic (exact) mass is 267 g/mol. The summed E-state index contributed by atoms with van der Waals surface area (Å²) < 4.78 is 0. The number of carbonyl (C=O) groups excluding carboxylic acids is 1. The van der Waals surface area contributed by atoms with Crippen LogP contribution in [0.1, 0.15) is 41.6 Å². The average molecular weight is 267 g/mol. The summed E-state index contributed by atoms with van der Waals surface area (Å²) in [5.41, 5.74) is 2.55. The molecule has 1 atom stereocenters. The van der Waals surface area contributed by atoms with Crippen molar-refractivity contribution in [3.8, 4) is 0 Å². The fraction of sp³-hybridized carbons (Fsp3) is 0.692. The molecule has 100 valence electrons. The number of nitrogens with one attached hydrogen (secondary N) is 1. The Morgan fingerprint density at radius 3 is 2.83 bits per heavy atom. The Kier molecular flexibility index (Phi) is 4.72. The van der Waals surface area contributed by atoms with Crippen molar-refractivity contribution in [2.75, 3.05) is 19.6 Å². The Balaban J connectivity index is 1.86. The Morgan fingerprint density at radius 1 is 1.56 bits per heavy atom. The fourth-order valence-electron chi connectivity index (χ4n) is 2.45. The van der Waals surface area contributed by atoms with Gasteiger partial charge in [0.25, 0.3) is 5.91 Å². The number of thiazole rings is 1. The molecule has 0 spiro atoms. The van der Waals surface area contributed by atoms with Crippen LogP contribution in [0.2, 0.25) is 0 Å². The zero-order valence-corrected chi connectivity index (χ0v) is 11.9. The molecular weight excluding hydrogens is 246 g/mol. The van der Waals surface area contributed by atoms with E-state index in [1.807, 2.05) is 6.92 Å². The van der Waals surface area contributed by atoms with Gasteiger partial charge in [0, 0.05) is 12.6 Å². The number of hydrogen-bond donors (Lipinski definition) is 1. The number of likely N-dealkylation sites (tertiary alicyclic amines) is 1. The van der Waals surface area contributed by atoms with Crippen molar-refractivity contribution < 1.29 is 4.79 Å². The highest BCUT2D eigenvalue weighted by Crippen LogP contribution is 2.15. The molecule has 0 saturated carbocycles. The van der Waals surface area contributed by atoms with E-state index in [0.29, 0.717) is 6.04 Å². The van der Waals surface area contributed by atoms with Gasteiger partial charge in [0.15, 0.2) is 0 Å². The summed E-state index contributed by atoms with van der Waals surface area (Å²) in [5, 5.41) is 3.04. The molecule has 1 fully saturated rings. The van der Waals surface area contributed by atoms with E-state index in [1.165, 1.54) is 37.3 Å². The highest BCUT2D eigenvalue weighted by molar-refractivity contribution is 7.11. The maximum atomic E-state index is 12.0. The SMILES string of the molecule is CC[C@H](CNC(=O)c1scnc1C)N1CCCC1. The Hall–Kier alpha value is -0.940. The Morgan fingerprint density at radius 2 is 2.28 bits per heavy atom. The van der Waals surface area contributed by atoms with Crippen LogP contribution in [0.25, 0.3) is 0 Å². The topological polar surface area (TPSA) is 45.2 Å². The van der Waals surface area contributed by atoms with E-state index < -0.39 is 0 Å². The third-order valence-electron chi connectivity index (χ3n) is 3.58. The van der Waals surface area contributed by atoms with Gasteiger partial charge in [-0.25, -0.2) is 4.98 Å². The summed E-state index contributed by atoms with van der Waals surface area (Å²) in [6, 6.07) is 0.477. The van der Waals surface area contributed by atoms with E-state index in [0.717, 1.165) is 23.5 Å². The molecule has 1 aliphatic heterocycles. The van der Waals surface area contributed by atoms with Crippen LogP contribution >= 0.6 is 11.3 Å². The third-order valence-corrected chi connectivity index (χ3v) is 4.51. The summed E-state index contributed by atoms with van der Waals surface area (Å²) in [5.74, 6) is 0.0210. The van der Waals surface area contributed by atoms with E-state index in [4.69, 9.17) is 0 Å². The first-order valence-corrected chi connectivity index (χ1v) is 7.52. The minimum Gasteiger partial charge on any atom is -0.350 e. The van der Waals surface area contributed by atoms with Crippen molar-refractivity contribution in [1.29, 1.82) is 0 Å². The van der Waals surface area contributed by atoms with Gasteiger partial charge in [-0.1, -0.05) is 6.92 Å². The lowest BCUT2D eigenvalue weighted by molar-refractivity contribution is 0.0940. The smallest absolute Gasteiger partial charge is 0.263 e. The summed E-state index contributed by atoms with van der Waals surface area (Å²) >= 11 is 1.41. The second kappa shape index (κ2) is 6.29. The maximum absolute atomic E-state index is 12.0. The predicted octanol–water partition coefficient (Wildman–Crippen LogP) is 2.06. The number of rotatable bonds is 5. The summed E-state index contributed by atoms with van der Waals surface area (Å²) in [6.07, 6.45) is 3.67. The number of carbonyl (C=O) groups is 1. The number of aromatic nitrogens is 1.